The SMILES string of the molecule is C=CC[C@H](Cc1ccc2c(c1)OCO2)NS(=O)(=O)c1ccc(C)cc1. The predicted molar refractivity (Wildman–Crippen MR) is 96.4 cm³/mol. The highest BCUT2D eigenvalue weighted by atomic mass is 32.2. The van der Waals surface area contributed by atoms with Crippen LogP contribution in [0.3, 0.4) is 0 Å². The van der Waals surface area contributed by atoms with Gasteiger partial charge < -0.3 is 9.47 Å². The molecule has 0 radical (unpaired) electrons. The van der Waals surface area contributed by atoms with Gasteiger partial charge in [0.2, 0.25) is 16.8 Å². The van der Waals surface area contributed by atoms with E-state index in [1.165, 1.54) is 0 Å². The second kappa shape index (κ2) is 7.29. The molecule has 2 aromatic carbocycles. The summed E-state index contributed by atoms with van der Waals surface area (Å²) in [5.74, 6) is 1.40. The Bertz CT molecular complexity index is 859. The van der Waals surface area contributed by atoms with Gasteiger partial charge >= 0.3 is 0 Å². The number of nitrogens with one attached hydrogen (secondary N) is 1. The van der Waals surface area contributed by atoms with E-state index in [-0.39, 0.29) is 17.7 Å². The zero-order chi connectivity index (χ0) is 17.9. The molecule has 0 saturated heterocycles. The highest BCUT2D eigenvalue weighted by Gasteiger charge is 2.21. The van der Waals surface area contributed by atoms with Crippen molar-refractivity contribution in [2.24, 2.45) is 0 Å². The number of hydrogen-bond donors (Lipinski definition) is 1. The molecule has 0 spiro atoms. The van der Waals surface area contributed by atoms with Gasteiger partial charge in [0.05, 0.1) is 4.90 Å². The Balaban J connectivity index is 1.76. The molecule has 3 rings (SSSR count). The Morgan fingerprint density at radius 2 is 1.88 bits per heavy atom. The van der Waals surface area contributed by atoms with Gasteiger partial charge in [0.25, 0.3) is 0 Å². The summed E-state index contributed by atoms with van der Waals surface area (Å²) in [5, 5.41) is 0. The number of benzene rings is 2. The molecule has 0 bridgehead atoms. The Kier molecular flexibility index (Phi) is 5.11. The van der Waals surface area contributed by atoms with Crippen molar-refractivity contribution < 1.29 is 17.9 Å². The third-order valence-electron chi connectivity index (χ3n) is 4.02. The second-order valence-corrected chi connectivity index (χ2v) is 7.76. The van der Waals surface area contributed by atoms with Crippen molar-refractivity contribution in [3.05, 3.63) is 66.2 Å². The minimum absolute atomic E-state index is 0.217. The number of rotatable bonds is 7. The van der Waals surface area contributed by atoms with Crippen LogP contribution in [0.4, 0.5) is 0 Å². The van der Waals surface area contributed by atoms with Crippen LogP contribution in [0.15, 0.2) is 60.0 Å². The monoisotopic (exact) mass is 359 g/mol. The summed E-state index contributed by atoms with van der Waals surface area (Å²) in [7, 11) is -3.58. The number of aryl methyl sites for hydroxylation is 1. The molecule has 0 fully saturated rings. The van der Waals surface area contributed by atoms with Crippen molar-refractivity contribution in [1.29, 1.82) is 0 Å². The lowest BCUT2D eigenvalue weighted by molar-refractivity contribution is 0.174. The first-order valence-electron chi connectivity index (χ1n) is 8.06. The molecule has 1 heterocycles. The molecule has 25 heavy (non-hydrogen) atoms. The van der Waals surface area contributed by atoms with Gasteiger partial charge in [0.1, 0.15) is 0 Å². The van der Waals surface area contributed by atoms with Crippen molar-refractivity contribution in [3.8, 4) is 11.5 Å². The first-order chi connectivity index (χ1) is 12.0. The molecule has 0 unspecified atom stereocenters. The van der Waals surface area contributed by atoms with E-state index in [2.05, 4.69) is 11.3 Å². The lowest BCUT2D eigenvalue weighted by Gasteiger charge is -2.18. The van der Waals surface area contributed by atoms with Gasteiger partial charge in [-0.2, -0.15) is 0 Å². The number of fused-ring (bicyclic) bond motifs is 1. The van der Waals surface area contributed by atoms with Gasteiger partial charge in [-0.15, -0.1) is 6.58 Å². The quantitative estimate of drug-likeness (QED) is 0.771. The Labute approximate surface area is 148 Å². The van der Waals surface area contributed by atoms with Crippen molar-refractivity contribution in [2.45, 2.75) is 30.7 Å². The maximum absolute atomic E-state index is 12.6. The fourth-order valence-corrected chi connectivity index (χ4v) is 3.98. The van der Waals surface area contributed by atoms with Crippen LogP contribution >= 0.6 is 0 Å². The number of ether oxygens (including phenoxy) is 2. The van der Waals surface area contributed by atoms with Crippen LogP contribution in [-0.2, 0) is 16.4 Å². The fraction of sp³-hybridized carbons (Fsp3) is 0.263. The molecular weight excluding hydrogens is 338 g/mol. The van der Waals surface area contributed by atoms with Crippen molar-refractivity contribution >= 4 is 10.0 Å². The van der Waals surface area contributed by atoms with Crippen LogP contribution in [0, 0.1) is 6.92 Å². The second-order valence-electron chi connectivity index (χ2n) is 6.05. The highest BCUT2D eigenvalue weighted by molar-refractivity contribution is 7.89. The Hall–Kier alpha value is -2.31. The van der Waals surface area contributed by atoms with E-state index >= 15 is 0 Å². The molecular formula is C19H21NO4S. The minimum atomic E-state index is -3.58. The molecule has 1 aliphatic heterocycles. The van der Waals surface area contributed by atoms with Crippen LogP contribution in [0.25, 0.3) is 0 Å². The van der Waals surface area contributed by atoms with E-state index in [9.17, 15) is 8.42 Å². The zero-order valence-corrected chi connectivity index (χ0v) is 14.9. The summed E-state index contributed by atoms with van der Waals surface area (Å²) in [6.07, 6.45) is 2.78. The number of hydrogen-bond acceptors (Lipinski definition) is 4. The van der Waals surface area contributed by atoms with E-state index in [1.807, 2.05) is 25.1 Å². The Morgan fingerprint density at radius 1 is 1.16 bits per heavy atom. The summed E-state index contributed by atoms with van der Waals surface area (Å²) in [4.78, 5) is 0.262. The predicted octanol–water partition coefficient (Wildman–Crippen LogP) is 3.19. The number of sulfonamides is 1. The molecule has 0 amide bonds. The summed E-state index contributed by atoms with van der Waals surface area (Å²) in [6.45, 7) is 5.87. The largest absolute Gasteiger partial charge is 0.454 e. The summed E-state index contributed by atoms with van der Waals surface area (Å²) in [6, 6.07) is 12.2. The topological polar surface area (TPSA) is 64.6 Å². The maximum Gasteiger partial charge on any atom is 0.240 e. The average Bonchev–Trinajstić information content (AvgIpc) is 3.03. The molecule has 132 valence electrons. The zero-order valence-electron chi connectivity index (χ0n) is 14.1. The van der Waals surface area contributed by atoms with Gasteiger partial charge in [-0.1, -0.05) is 29.8 Å². The van der Waals surface area contributed by atoms with Crippen LogP contribution in [0.5, 0.6) is 11.5 Å². The van der Waals surface area contributed by atoms with Crippen molar-refractivity contribution in [2.75, 3.05) is 6.79 Å². The van der Waals surface area contributed by atoms with Gasteiger partial charge in [-0.25, -0.2) is 13.1 Å². The van der Waals surface area contributed by atoms with Crippen molar-refractivity contribution in [3.63, 3.8) is 0 Å². The third kappa shape index (κ3) is 4.21. The highest BCUT2D eigenvalue weighted by Crippen LogP contribution is 2.33. The van der Waals surface area contributed by atoms with Gasteiger partial charge in [0, 0.05) is 6.04 Å². The van der Waals surface area contributed by atoms with E-state index in [1.54, 1.807) is 30.3 Å². The molecule has 6 heteroatoms. The smallest absolute Gasteiger partial charge is 0.240 e. The summed E-state index contributed by atoms with van der Waals surface area (Å²) < 4.78 is 38.7. The Morgan fingerprint density at radius 3 is 2.60 bits per heavy atom. The lowest BCUT2D eigenvalue weighted by atomic mass is 10.0. The van der Waals surface area contributed by atoms with Gasteiger partial charge in [0.15, 0.2) is 11.5 Å². The average molecular weight is 359 g/mol. The van der Waals surface area contributed by atoms with E-state index in [0.717, 1.165) is 11.1 Å². The molecule has 0 saturated carbocycles. The van der Waals surface area contributed by atoms with E-state index in [0.29, 0.717) is 24.3 Å². The van der Waals surface area contributed by atoms with Gasteiger partial charge in [-0.05, 0) is 49.6 Å². The summed E-state index contributed by atoms with van der Waals surface area (Å²) >= 11 is 0. The van der Waals surface area contributed by atoms with Crippen molar-refractivity contribution in [1.82, 2.24) is 4.72 Å². The summed E-state index contributed by atoms with van der Waals surface area (Å²) in [5.41, 5.74) is 1.99. The van der Waals surface area contributed by atoms with Gasteiger partial charge in [-0.3, -0.25) is 0 Å². The van der Waals surface area contributed by atoms with Crippen LogP contribution in [0.2, 0.25) is 0 Å². The third-order valence-corrected chi connectivity index (χ3v) is 5.56. The van der Waals surface area contributed by atoms with Crippen LogP contribution in [-0.4, -0.2) is 21.3 Å². The normalized spacial score (nSPS) is 14.3. The fourth-order valence-electron chi connectivity index (χ4n) is 2.73. The first kappa shape index (κ1) is 17.5. The molecule has 5 nitrogen and oxygen atoms in total. The molecule has 0 aromatic heterocycles. The lowest BCUT2D eigenvalue weighted by Crippen LogP contribution is -2.36. The molecule has 1 N–H and O–H groups in total. The molecule has 1 atom stereocenters. The van der Waals surface area contributed by atoms with Crippen LogP contribution in [0.1, 0.15) is 17.5 Å². The standard InChI is InChI=1S/C19H21NO4S/c1-3-4-16(11-15-7-10-18-19(12-15)24-13-23-18)20-25(21,22)17-8-5-14(2)6-9-17/h3,5-10,12,16,20H,1,4,11,13H2,2H3/t16-/m1/s1. The van der Waals surface area contributed by atoms with E-state index in [4.69, 9.17) is 9.47 Å². The van der Waals surface area contributed by atoms with E-state index < -0.39 is 10.0 Å². The molecule has 2 aromatic rings. The first-order valence-corrected chi connectivity index (χ1v) is 9.54. The minimum Gasteiger partial charge on any atom is -0.454 e. The maximum atomic E-state index is 12.6. The molecule has 1 aliphatic rings. The van der Waals surface area contributed by atoms with Crippen LogP contribution < -0.4 is 14.2 Å². The molecule has 0 aliphatic carbocycles.